The molecule has 0 radical (unpaired) electrons. The molecule has 0 saturated carbocycles. The summed E-state index contributed by atoms with van der Waals surface area (Å²) >= 11 is 0. The molecule has 0 bridgehead atoms. The van der Waals surface area contributed by atoms with Gasteiger partial charge < -0.3 is 9.47 Å². The van der Waals surface area contributed by atoms with Gasteiger partial charge in [0.1, 0.15) is 6.61 Å². The standard InChI is InChI=1S/C15H20O7/c1-15(2,3)12-7-5-11(6-8-12)13(16)20-22-21-14(17)19-10-9-18-4/h5-8H,9-10H2,1-4H3. The van der Waals surface area contributed by atoms with Gasteiger partial charge in [0.25, 0.3) is 0 Å². The van der Waals surface area contributed by atoms with Crippen LogP contribution in [-0.4, -0.2) is 32.4 Å². The average Bonchev–Trinajstić information content (AvgIpc) is 2.46. The molecule has 22 heavy (non-hydrogen) atoms. The van der Waals surface area contributed by atoms with E-state index in [2.05, 4.69) is 45.1 Å². The van der Waals surface area contributed by atoms with E-state index in [1.54, 1.807) is 12.1 Å². The molecule has 0 aliphatic heterocycles. The van der Waals surface area contributed by atoms with Crippen molar-refractivity contribution in [3.05, 3.63) is 35.4 Å². The van der Waals surface area contributed by atoms with Gasteiger partial charge in [-0.3, -0.25) is 4.89 Å². The third-order valence-electron chi connectivity index (χ3n) is 2.71. The first-order chi connectivity index (χ1) is 10.3. The van der Waals surface area contributed by atoms with Crippen LogP contribution in [0.15, 0.2) is 24.3 Å². The second-order valence-electron chi connectivity index (χ2n) is 5.44. The van der Waals surface area contributed by atoms with Gasteiger partial charge in [0.15, 0.2) is 0 Å². The van der Waals surface area contributed by atoms with E-state index < -0.39 is 12.1 Å². The third kappa shape index (κ3) is 6.11. The SMILES string of the molecule is COCCOC(=O)OOOC(=O)c1ccc(C(C)(C)C)cc1. The molecule has 1 rings (SSSR count). The summed E-state index contributed by atoms with van der Waals surface area (Å²) in [6.45, 7) is 6.40. The summed E-state index contributed by atoms with van der Waals surface area (Å²) in [4.78, 5) is 31.1. The van der Waals surface area contributed by atoms with E-state index in [1.807, 2.05) is 12.1 Å². The molecule has 7 heteroatoms. The van der Waals surface area contributed by atoms with E-state index in [-0.39, 0.29) is 24.2 Å². The Morgan fingerprint density at radius 3 is 2.18 bits per heavy atom. The smallest absolute Gasteiger partial charge is 0.430 e. The highest BCUT2D eigenvalue weighted by atomic mass is 17.5. The van der Waals surface area contributed by atoms with E-state index in [0.29, 0.717) is 0 Å². The summed E-state index contributed by atoms with van der Waals surface area (Å²) < 4.78 is 9.19. The first-order valence-corrected chi connectivity index (χ1v) is 6.66. The largest absolute Gasteiger partial charge is 0.543 e. The number of carbonyl (C=O) groups excluding carboxylic acids is 2. The van der Waals surface area contributed by atoms with E-state index in [4.69, 9.17) is 0 Å². The number of hydrogen-bond donors (Lipinski definition) is 0. The van der Waals surface area contributed by atoms with Crippen molar-refractivity contribution in [3.8, 4) is 0 Å². The van der Waals surface area contributed by atoms with Gasteiger partial charge >= 0.3 is 12.1 Å². The second-order valence-corrected chi connectivity index (χ2v) is 5.44. The molecule has 1 aromatic carbocycles. The van der Waals surface area contributed by atoms with Crippen LogP contribution >= 0.6 is 0 Å². The molecule has 0 aliphatic carbocycles. The van der Waals surface area contributed by atoms with Gasteiger partial charge in [-0.25, -0.2) is 14.5 Å². The highest BCUT2D eigenvalue weighted by Gasteiger charge is 2.16. The number of rotatable bonds is 6. The molecule has 0 unspecified atom stereocenters. The molecule has 0 amide bonds. The highest BCUT2D eigenvalue weighted by Crippen LogP contribution is 2.22. The minimum absolute atomic E-state index is 0.000898. The Hall–Kier alpha value is -2.12. The molecule has 0 fully saturated rings. The predicted octanol–water partition coefficient (Wildman–Crippen LogP) is 2.79. The lowest BCUT2D eigenvalue weighted by molar-refractivity contribution is -0.452. The van der Waals surface area contributed by atoms with Crippen LogP contribution in [0.5, 0.6) is 0 Å². The lowest BCUT2D eigenvalue weighted by Gasteiger charge is -2.18. The van der Waals surface area contributed by atoms with Crippen molar-refractivity contribution in [2.45, 2.75) is 26.2 Å². The molecule has 1 aromatic rings. The Bertz CT molecular complexity index is 488. The molecule has 122 valence electrons. The molecule has 0 aromatic heterocycles. The van der Waals surface area contributed by atoms with Gasteiger partial charge in [-0.1, -0.05) is 32.9 Å². The van der Waals surface area contributed by atoms with Gasteiger partial charge in [-0.05, 0) is 23.1 Å². The van der Waals surface area contributed by atoms with E-state index in [9.17, 15) is 9.59 Å². The van der Waals surface area contributed by atoms with Gasteiger partial charge in [-0.15, -0.1) is 0 Å². The monoisotopic (exact) mass is 312 g/mol. The van der Waals surface area contributed by atoms with Crippen molar-refractivity contribution in [3.63, 3.8) is 0 Å². The fourth-order valence-electron chi connectivity index (χ4n) is 1.46. The Balaban J connectivity index is 2.38. The number of carbonyl (C=O) groups is 2. The highest BCUT2D eigenvalue weighted by molar-refractivity contribution is 5.88. The van der Waals surface area contributed by atoms with Gasteiger partial charge in [0.2, 0.25) is 0 Å². The van der Waals surface area contributed by atoms with Crippen LogP contribution in [0.25, 0.3) is 0 Å². The molecule has 0 aliphatic rings. The van der Waals surface area contributed by atoms with Crippen molar-refractivity contribution >= 4 is 12.1 Å². The Labute approximate surface area is 128 Å². The number of benzene rings is 1. The van der Waals surface area contributed by atoms with E-state index >= 15 is 0 Å². The Kier molecular flexibility index (Phi) is 6.81. The average molecular weight is 312 g/mol. The second kappa shape index (κ2) is 8.35. The fraction of sp³-hybridized carbons (Fsp3) is 0.467. The maximum absolute atomic E-state index is 11.6. The van der Waals surface area contributed by atoms with Crippen molar-refractivity contribution in [2.24, 2.45) is 0 Å². The minimum atomic E-state index is -1.13. The predicted molar refractivity (Wildman–Crippen MR) is 76.0 cm³/mol. The molecule has 0 atom stereocenters. The van der Waals surface area contributed by atoms with Crippen molar-refractivity contribution in [1.29, 1.82) is 0 Å². The zero-order valence-corrected chi connectivity index (χ0v) is 13.1. The Morgan fingerprint density at radius 1 is 1.00 bits per heavy atom. The number of methoxy groups -OCH3 is 1. The summed E-state index contributed by atoms with van der Waals surface area (Å²) in [5, 5.41) is 4.07. The van der Waals surface area contributed by atoms with Crippen molar-refractivity contribution in [2.75, 3.05) is 20.3 Å². The molecular formula is C15H20O7. The first-order valence-electron chi connectivity index (χ1n) is 6.66. The molecule has 7 nitrogen and oxygen atoms in total. The lowest BCUT2D eigenvalue weighted by Crippen LogP contribution is -2.14. The fourth-order valence-corrected chi connectivity index (χ4v) is 1.46. The quantitative estimate of drug-likeness (QED) is 0.346. The summed E-state index contributed by atoms with van der Waals surface area (Å²) in [6.07, 6.45) is -1.13. The summed E-state index contributed by atoms with van der Waals surface area (Å²) in [7, 11) is 1.46. The van der Waals surface area contributed by atoms with Crippen LogP contribution in [-0.2, 0) is 29.7 Å². The van der Waals surface area contributed by atoms with Gasteiger partial charge in [-0.2, -0.15) is 0 Å². The molecule has 0 saturated heterocycles. The summed E-state index contributed by atoms with van der Waals surface area (Å²) in [6, 6.07) is 6.83. The first kappa shape index (κ1) is 17.9. The number of ether oxygens (including phenoxy) is 2. The number of hydrogen-bond acceptors (Lipinski definition) is 7. The molecule has 0 heterocycles. The van der Waals surface area contributed by atoms with Crippen LogP contribution in [0.1, 0.15) is 36.7 Å². The Morgan fingerprint density at radius 2 is 1.64 bits per heavy atom. The normalized spacial score (nSPS) is 10.9. The van der Waals surface area contributed by atoms with Crippen LogP contribution in [0.2, 0.25) is 0 Å². The van der Waals surface area contributed by atoms with E-state index in [0.717, 1.165) is 5.56 Å². The minimum Gasteiger partial charge on any atom is -0.430 e. The molecule has 0 spiro atoms. The van der Waals surface area contributed by atoms with Crippen LogP contribution in [0.4, 0.5) is 4.79 Å². The lowest BCUT2D eigenvalue weighted by atomic mass is 9.87. The maximum atomic E-state index is 11.6. The third-order valence-corrected chi connectivity index (χ3v) is 2.71. The zero-order chi connectivity index (χ0) is 16.6. The van der Waals surface area contributed by atoms with Crippen LogP contribution in [0.3, 0.4) is 0 Å². The maximum Gasteiger partial charge on any atom is 0.543 e. The topological polar surface area (TPSA) is 80.3 Å². The molecule has 0 N–H and O–H groups in total. The molecular weight excluding hydrogens is 292 g/mol. The van der Waals surface area contributed by atoms with Gasteiger partial charge in [0.05, 0.1) is 17.2 Å². The van der Waals surface area contributed by atoms with Gasteiger partial charge in [0, 0.05) is 7.11 Å². The summed E-state index contributed by atoms with van der Waals surface area (Å²) in [5.41, 5.74) is 1.32. The van der Waals surface area contributed by atoms with E-state index in [1.165, 1.54) is 7.11 Å². The van der Waals surface area contributed by atoms with Crippen LogP contribution < -0.4 is 0 Å². The van der Waals surface area contributed by atoms with Crippen molar-refractivity contribution in [1.82, 2.24) is 0 Å². The van der Waals surface area contributed by atoms with Crippen LogP contribution in [0, 0.1) is 0 Å². The zero-order valence-electron chi connectivity index (χ0n) is 13.1. The summed E-state index contributed by atoms with van der Waals surface area (Å²) in [5.74, 6) is -0.787. The van der Waals surface area contributed by atoms with Crippen molar-refractivity contribution < 1.29 is 33.9 Å².